The second kappa shape index (κ2) is 5.23. The van der Waals surface area contributed by atoms with Gasteiger partial charge in [0.15, 0.2) is 0 Å². The molecule has 0 saturated carbocycles. The third kappa shape index (κ3) is 3.20. The first kappa shape index (κ1) is 11.3. The van der Waals surface area contributed by atoms with Gasteiger partial charge in [-0.05, 0) is 37.3 Å². The Morgan fingerprint density at radius 1 is 1.43 bits per heavy atom. The van der Waals surface area contributed by atoms with Gasteiger partial charge in [-0.25, -0.2) is 0 Å². The molecule has 0 unspecified atom stereocenters. The van der Waals surface area contributed by atoms with Crippen LogP contribution in [0.25, 0.3) is 0 Å². The summed E-state index contributed by atoms with van der Waals surface area (Å²) in [5.41, 5.74) is 8.34. The standard InChI is InChI=1S/C12H17NS/c1-9(2)8-12(13)10-4-6-11(14-3)7-5-10/h4-7,12H,1,8,13H2,2-3H3/t12-/m0/s1. The summed E-state index contributed by atoms with van der Waals surface area (Å²) in [5, 5.41) is 0. The van der Waals surface area contributed by atoms with Gasteiger partial charge in [0.1, 0.15) is 0 Å². The van der Waals surface area contributed by atoms with Crippen molar-refractivity contribution >= 4 is 11.8 Å². The van der Waals surface area contributed by atoms with Gasteiger partial charge < -0.3 is 5.73 Å². The van der Waals surface area contributed by atoms with E-state index in [2.05, 4.69) is 37.1 Å². The predicted octanol–water partition coefficient (Wildman–Crippen LogP) is 3.37. The van der Waals surface area contributed by atoms with E-state index in [1.807, 2.05) is 6.92 Å². The number of hydrogen-bond donors (Lipinski definition) is 1. The molecule has 0 aliphatic heterocycles. The highest BCUT2D eigenvalue weighted by atomic mass is 32.2. The lowest BCUT2D eigenvalue weighted by atomic mass is 10.0. The molecule has 0 aliphatic carbocycles. The minimum atomic E-state index is 0.0865. The van der Waals surface area contributed by atoms with Gasteiger partial charge in [-0.3, -0.25) is 0 Å². The number of hydrogen-bond acceptors (Lipinski definition) is 2. The summed E-state index contributed by atoms with van der Waals surface area (Å²) >= 11 is 1.74. The molecule has 1 aromatic rings. The van der Waals surface area contributed by atoms with E-state index in [1.165, 1.54) is 10.5 Å². The molecule has 0 amide bonds. The van der Waals surface area contributed by atoms with Gasteiger partial charge in [0.05, 0.1) is 0 Å². The quantitative estimate of drug-likeness (QED) is 0.605. The van der Waals surface area contributed by atoms with E-state index in [1.54, 1.807) is 11.8 Å². The van der Waals surface area contributed by atoms with Crippen molar-refractivity contribution < 1.29 is 0 Å². The van der Waals surface area contributed by atoms with E-state index in [0.29, 0.717) is 0 Å². The molecule has 1 rings (SSSR count). The normalized spacial score (nSPS) is 12.5. The first-order chi connectivity index (χ1) is 6.63. The van der Waals surface area contributed by atoms with Crippen LogP contribution in [0.2, 0.25) is 0 Å². The fraction of sp³-hybridized carbons (Fsp3) is 0.333. The van der Waals surface area contributed by atoms with Crippen molar-refractivity contribution in [3.05, 3.63) is 42.0 Å². The maximum absolute atomic E-state index is 6.02. The molecule has 0 aromatic heterocycles. The van der Waals surface area contributed by atoms with Crippen LogP contribution in [0.5, 0.6) is 0 Å². The molecule has 14 heavy (non-hydrogen) atoms. The smallest absolute Gasteiger partial charge is 0.0332 e. The molecule has 0 aliphatic rings. The molecule has 76 valence electrons. The van der Waals surface area contributed by atoms with Gasteiger partial charge in [-0.15, -0.1) is 18.3 Å². The van der Waals surface area contributed by atoms with Crippen LogP contribution in [0.4, 0.5) is 0 Å². The Morgan fingerprint density at radius 3 is 2.43 bits per heavy atom. The van der Waals surface area contributed by atoms with Crippen LogP contribution in [0.3, 0.4) is 0 Å². The minimum Gasteiger partial charge on any atom is -0.324 e. The maximum atomic E-state index is 6.02. The van der Waals surface area contributed by atoms with E-state index < -0.39 is 0 Å². The van der Waals surface area contributed by atoms with Crippen LogP contribution in [0.15, 0.2) is 41.3 Å². The van der Waals surface area contributed by atoms with Crippen molar-refractivity contribution in [3.63, 3.8) is 0 Å². The lowest BCUT2D eigenvalue weighted by molar-refractivity contribution is 0.716. The number of thioether (sulfide) groups is 1. The molecule has 0 bridgehead atoms. The van der Waals surface area contributed by atoms with Crippen LogP contribution in [-0.4, -0.2) is 6.26 Å². The zero-order chi connectivity index (χ0) is 10.6. The van der Waals surface area contributed by atoms with Gasteiger partial charge in [0.2, 0.25) is 0 Å². The van der Waals surface area contributed by atoms with Crippen molar-refractivity contribution in [2.24, 2.45) is 5.73 Å². The number of rotatable bonds is 4. The zero-order valence-corrected chi connectivity index (χ0v) is 9.60. The highest BCUT2D eigenvalue weighted by Crippen LogP contribution is 2.21. The van der Waals surface area contributed by atoms with Gasteiger partial charge in [0, 0.05) is 10.9 Å². The Kier molecular flexibility index (Phi) is 4.23. The molecule has 0 saturated heterocycles. The van der Waals surface area contributed by atoms with Crippen LogP contribution in [0, 0.1) is 0 Å². The van der Waals surface area contributed by atoms with E-state index >= 15 is 0 Å². The van der Waals surface area contributed by atoms with Gasteiger partial charge in [0.25, 0.3) is 0 Å². The summed E-state index contributed by atoms with van der Waals surface area (Å²) in [6.45, 7) is 5.88. The highest BCUT2D eigenvalue weighted by Gasteiger charge is 2.05. The number of benzene rings is 1. The van der Waals surface area contributed by atoms with Crippen molar-refractivity contribution in [2.45, 2.75) is 24.3 Å². The Balaban J connectivity index is 2.71. The van der Waals surface area contributed by atoms with Gasteiger partial charge in [-0.1, -0.05) is 17.7 Å². The van der Waals surface area contributed by atoms with E-state index in [0.717, 1.165) is 12.0 Å². The van der Waals surface area contributed by atoms with E-state index in [-0.39, 0.29) is 6.04 Å². The Bertz CT molecular complexity index is 303. The average molecular weight is 207 g/mol. The van der Waals surface area contributed by atoms with Gasteiger partial charge >= 0.3 is 0 Å². The molecule has 0 heterocycles. The van der Waals surface area contributed by atoms with Crippen LogP contribution >= 0.6 is 11.8 Å². The van der Waals surface area contributed by atoms with Crippen LogP contribution < -0.4 is 5.73 Å². The topological polar surface area (TPSA) is 26.0 Å². The third-order valence-corrected chi connectivity index (χ3v) is 2.86. The zero-order valence-electron chi connectivity index (χ0n) is 8.79. The lowest BCUT2D eigenvalue weighted by Gasteiger charge is -2.11. The fourth-order valence-corrected chi connectivity index (χ4v) is 1.75. The molecule has 0 spiro atoms. The summed E-state index contributed by atoms with van der Waals surface area (Å²) in [5.74, 6) is 0. The van der Waals surface area contributed by atoms with Crippen LogP contribution in [0.1, 0.15) is 24.9 Å². The molecule has 1 aromatic carbocycles. The predicted molar refractivity (Wildman–Crippen MR) is 64.6 cm³/mol. The summed E-state index contributed by atoms with van der Waals surface area (Å²) in [4.78, 5) is 1.27. The Hall–Kier alpha value is -0.730. The molecular formula is C12H17NS. The minimum absolute atomic E-state index is 0.0865. The first-order valence-electron chi connectivity index (χ1n) is 4.67. The summed E-state index contributed by atoms with van der Waals surface area (Å²) in [6.07, 6.45) is 2.93. The second-order valence-corrected chi connectivity index (χ2v) is 4.42. The third-order valence-electron chi connectivity index (χ3n) is 2.11. The van der Waals surface area contributed by atoms with Crippen LogP contribution in [-0.2, 0) is 0 Å². The Morgan fingerprint density at radius 2 is 2.00 bits per heavy atom. The lowest BCUT2D eigenvalue weighted by Crippen LogP contribution is -2.10. The number of nitrogens with two attached hydrogens (primary N) is 1. The SMILES string of the molecule is C=C(C)C[C@H](N)c1ccc(SC)cc1. The highest BCUT2D eigenvalue weighted by molar-refractivity contribution is 7.98. The maximum Gasteiger partial charge on any atom is 0.0332 e. The molecule has 2 heteroatoms. The fourth-order valence-electron chi connectivity index (χ4n) is 1.34. The molecule has 1 nitrogen and oxygen atoms in total. The molecule has 1 atom stereocenters. The van der Waals surface area contributed by atoms with Crippen molar-refractivity contribution in [3.8, 4) is 0 Å². The second-order valence-electron chi connectivity index (χ2n) is 3.54. The largest absolute Gasteiger partial charge is 0.324 e. The summed E-state index contributed by atoms with van der Waals surface area (Å²) < 4.78 is 0. The van der Waals surface area contributed by atoms with Crippen molar-refractivity contribution in [1.82, 2.24) is 0 Å². The average Bonchev–Trinajstić information content (AvgIpc) is 2.17. The monoisotopic (exact) mass is 207 g/mol. The van der Waals surface area contributed by atoms with Crippen molar-refractivity contribution in [2.75, 3.05) is 6.26 Å². The summed E-state index contributed by atoms with van der Waals surface area (Å²) in [7, 11) is 0. The molecule has 2 N–H and O–H groups in total. The molecular weight excluding hydrogens is 190 g/mol. The van der Waals surface area contributed by atoms with Crippen molar-refractivity contribution in [1.29, 1.82) is 0 Å². The summed E-state index contributed by atoms with van der Waals surface area (Å²) in [6, 6.07) is 8.50. The molecule has 0 fully saturated rings. The first-order valence-corrected chi connectivity index (χ1v) is 5.90. The molecule has 0 radical (unpaired) electrons. The van der Waals surface area contributed by atoms with E-state index in [9.17, 15) is 0 Å². The van der Waals surface area contributed by atoms with Gasteiger partial charge in [-0.2, -0.15) is 0 Å². The Labute approximate surface area is 90.4 Å². The van der Waals surface area contributed by atoms with E-state index in [4.69, 9.17) is 5.73 Å².